The van der Waals surface area contributed by atoms with Gasteiger partial charge in [0.25, 0.3) is 0 Å². The number of hydrogen-bond acceptors (Lipinski definition) is 3. The van der Waals surface area contributed by atoms with Crippen LogP contribution in [0.15, 0.2) is 12.3 Å². The molecule has 2 heterocycles. The van der Waals surface area contributed by atoms with E-state index in [2.05, 4.69) is 21.8 Å². The molecule has 1 aliphatic heterocycles. The minimum absolute atomic E-state index is 0.570. The van der Waals surface area contributed by atoms with Crippen LogP contribution >= 0.6 is 12.2 Å². The van der Waals surface area contributed by atoms with Crippen LogP contribution in [0.3, 0.4) is 0 Å². The van der Waals surface area contributed by atoms with Crippen LogP contribution in [0.5, 0.6) is 0 Å². The SMILES string of the molecule is CC1CCN(c2ccnc(=S)[nH]2)CC1. The van der Waals surface area contributed by atoms with Gasteiger partial charge in [0.05, 0.1) is 0 Å². The molecule has 0 aromatic carbocycles. The van der Waals surface area contributed by atoms with Crippen LogP contribution in [-0.4, -0.2) is 23.1 Å². The highest BCUT2D eigenvalue weighted by Gasteiger charge is 2.15. The smallest absolute Gasteiger partial charge is 0.198 e. The van der Waals surface area contributed by atoms with E-state index in [1.807, 2.05) is 6.07 Å². The van der Waals surface area contributed by atoms with Gasteiger partial charge in [-0.1, -0.05) is 6.92 Å². The molecule has 0 atom stereocenters. The van der Waals surface area contributed by atoms with Crippen molar-refractivity contribution in [3.8, 4) is 0 Å². The molecule has 0 bridgehead atoms. The van der Waals surface area contributed by atoms with Crippen molar-refractivity contribution in [2.75, 3.05) is 18.0 Å². The average molecular weight is 209 g/mol. The van der Waals surface area contributed by atoms with Gasteiger partial charge in [-0.15, -0.1) is 0 Å². The largest absolute Gasteiger partial charge is 0.358 e. The van der Waals surface area contributed by atoms with Gasteiger partial charge in [0.2, 0.25) is 0 Å². The molecule has 0 unspecified atom stereocenters. The Labute approximate surface area is 89.2 Å². The number of rotatable bonds is 1. The monoisotopic (exact) mass is 209 g/mol. The fourth-order valence-corrected chi connectivity index (χ4v) is 1.96. The van der Waals surface area contributed by atoms with Gasteiger partial charge in [-0.05, 0) is 37.0 Å². The van der Waals surface area contributed by atoms with Crippen LogP contribution in [0.4, 0.5) is 5.82 Å². The molecule has 1 fully saturated rings. The number of hydrogen-bond donors (Lipinski definition) is 1. The van der Waals surface area contributed by atoms with E-state index in [9.17, 15) is 0 Å². The highest BCUT2D eigenvalue weighted by atomic mass is 32.1. The summed E-state index contributed by atoms with van der Waals surface area (Å²) in [4.78, 5) is 9.45. The molecule has 14 heavy (non-hydrogen) atoms. The predicted octanol–water partition coefficient (Wildman–Crippen LogP) is 2.38. The summed E-state index contributed by atoms with van der Waals surface area (Å²) in [5, 5.41) is 0. The standard InChI is InChI=1S/C10H15N3S/c1-8-3-6-13(7-4-8)9-2-5-11-10(14)12-9/h2,5,8H,3-4,6-7H2,1H3,(H,11,12,14). The summed E-state index contributed by atoms with van der Waals surface area (Å²) in [6, 6.07) is 1.99. The summed E-state index contributed by atoms with van der Waals surface area (Å²) in [6.45, 7) is 4.55. The Hall–Kier alpha value is -0.900. The van der Waals surface area contributed by atoms with E-state index in [1.54, 1.807) is 6.20 Å². The number of H-pyrrole nitrogens is 1. The molecule has 3 nitrogen and oxygen atoms in total. The van der Waals surface area contributed by atoms with E-state index in [4.69, 9.17) is 12.2 Å². The maximum absolute atomic E-state index is 5.00. The highest BCUT2D eigenvalue weighted by molar-refractivity contribution is 7.71. The Bertz CT molecular complexity index is 352. The average Bonchev–Trinajstić information content (AvgIpc) is 2.19. The van der Waals surface area contributed by atoms with E-state index in [1.165, 1.54) is 12.8 Å². The Balaban J connectivity index is 2.12. The number of aromatic amines is 1. The van der Waals surface area contributed by atoms with Crippen molar-refractivity contribution >= 4 is 18.0 Å². The van der Waals surface area contributed by atoms with Gasteiger partial charge in [0.15, 0.2) is 4.77 Å². The van der Waals surface area contributed by atoms with Gasteiger partial charge in [0, 0.05) is 19.3 Å². The molecule has 4 heteroatoms. The lowest BCUT2D eigenvalue weighted by Crippen LogP contribution is -2.33. The summed E-state index contributed by atoms with van der Waals surface area (Å²) in [7, 11) is 0. The second kappa shape index (κ2) is 4.09. The molecule has 0 saturated carbocycles. The molecule has 1 N–H and O–H groups in total. The fourth-order valence-electron chi connectivity index (χ4n) is 1.79. The van der Waals surface area contributed by atoms with Crippen molar-refractivity contribution in [3.05, 3.63) is 17.0 Å². The number of nitrogens with one attached hydrogen (secondary N) is 1. The fraction of sp³-hybridized carbons (Fsp3) is 0.600. The number of nitrogens with zero attached hydrogens (tertiary/aromatic N) is 2. The lowest BCUT2D eigenvalue weighted by atomic mass is 9.99. The van der Waals surface area contributed by atoms with E-state index in [0.717, 1.165) is 24.8 Å². The van der Waals surface area contributed by atoms with Crippen LogP contribution in [-0.2, 0) is 0 Å². The first-order valence-electron chi connectivity index (χ1n) is 5.06. The Morgan fingerprint density at radius 3 is 2.86 bits per heavy atom. The lowest BCUT2D eigenvalue weighted by Gasteiger charge is -2.31. The molecule has 0 amide bonds. The molecule has 1 aromatic rings. The Morgan fingerprint density at radius 2 is 2.21 bits per heavy atom. The molecule has 1 aliphatic rings. The number of anilines is 1. The van der Waals surface area contributed by atoms with E-state index in [0.29, 0.717) is 4.77 Å². The minimum atomic E-state index is 0.570. The van der Waals surface area contributed by atoms with E-state index in [-0.39, 0.29) is 0 Å². The van der Waals surface area contributed by atoms with Gasteiger partial charge < -0.3 is 9.88 Å². The maximum Gasteiger partial charge on any atom is 0.198 e. The summed E-state index contributed by atoms with van der Waals surface area (Å²) in [6.07, 6.45) is 4.30. The first kappa shape index (κ1) is 9.65. The third-order valence-electron chi connectivity index (χ3n) is 2.78. The first-order valence-corrected chi connectivity index (χ1v) is 5.47. The molecule has 1 aromatic heterocycles. The molecule has 2 rings (SSSR count). The van der Waals surface area contributed by atoms with Crippen molar-refractivity contribution in [2.45, 2.75) is 19.8 Å². The quantitative estimate of drug-likeness (QED) is 0.721. The van der Waals surface area contributed by atoms with E-state index >= 15 is 0 Å². The zero-order valence-corrected chi connectivity index (χ0v) is 9.18. The second-order valence-electron chi connectivity index (χ2n) is 3.93. The normalized spacial score (nSPS) is 18.5. The van der Waals surface area contributed by atoms with Crippen molar-refractivity contribution in [3.63, 3.8) is 0 Å². The van der Waals surface area contributed by atoms with Crippen LogP contribution < -0.4 is 4.90 Å². The summed E-state index contributed by atoms with van der Waals surface area (Å²) in [5.41, 5.74) is 0. The minimum Gasteiger partial charge on any atom is -0.358 e. The van der Waals surface area contributed by atoms with Crippen LogP contribution in [0, 0.1) is 10.7 Å². The predicted molar refractivity (Wildman–Crippen MR) is 60.0 cm³/mol. The number of aromatic nitrogens is 2. The van der Waals surface area contributed by atoms with Gasteiger partial charge >= 0.3 is 0 Å². The third-order valence-corrected chi connectivity index (χ3v) is 2.99. The van der Waals surface area contributed by atoms with Crippen molar-refractivity contribution in [1.82, 2.24) is 9.97 Å². The number of piperidine rings is 1. The third kappa shape index (κ3) is 2.12. The Morgan fingerprint density at radius 1 is 1.50 bits per heavy atom. The summed E-state index contributed by atoms with van der Waals surface area (Å²) >= 11 is 5.00. The molecule has 1 saturated heterocycles. The van der Waals surface area contributed by atoms with Crippen LogP contribution in [0.1, 0.15) is 19.8 Å². The molecular weight excluding hydrogens is 194 g/mol. The van der Waals surface area contributed by atoms with Crippen molar-refractivity contribution < 1.29 is 0 Å². The van der Waals surface area contributed by atoms with E-state index < -0.39 is 0 Å². The second-order valence-corrected chi connectivity index (χ2v) is 4.32. The Kier molecular flexibility index (Phi) is 2.82. The van der Waals surface area contributed by atoms with Crippen LogP contribution in [0.25, 0.3) is 0 Å². The summed E-state index contributed by atoms with van der Waals surface area (Å²) < 4.78 is 0.570. The van der Waals surface area contributed by atoms with Gasteiger partial charge in [-0.25, -0.2) is 4.98 Å². The van der Waals surface area contributed by atoms with Crippen molar-refractivity contribution in [1.29, 1.82) is 0 Å². The van der Waals surface area contributed by atoms with Crippen molar-refractivity contribution in [2.24, 2.45) is 5.92 Å². The van der Waals surface area contributed by atoms with Gasteiger partial charge in [0.1, 0.15) is 5.82 Å². The summed E-state index contributed by atoms with van der Waals surface area (Å²) in [5.74, 6) is 1.97. The molecule has 76 valence electrons. The molecule has 0 spiro atoms. The zero-order chi connectivity index (χ0) is 9.97. The topological polar surface area (TPSA) is 31.9 Å². The molecular formula is C10H15N3S. The van der Waals surface area contributed by atoms with Crippen LogP contribution in [0.2, 0.25) is 0 Å². The van der Waals surface area contributed by atoms with Gasteiger partial charge in [-0.2, -0.15) is 0 Å². The first-order chi connectivity index (χ1) is 6.75. The highest BCUT2D eigenvalue weighted by Crippen LogP contribution is 2.20. The maximum atomic E-state index is 5.00. The van der Waals surface area contributed by atoms with Gasteiger partial charge in [-0.3, -0.25) is 0 Å². The lowest BCUT2D eigenvalue weighted by molar-refractivity contribution is 0.436. The zero-order valence-electron chi connectivity index (χ0n) is 8.36. The molecule has 0 aliphatic carbocycles. The molecule has 0 radical (unpaired) electrons.